The number of hydrogen-bond donors (Lipinski definition) is 2. The summed E-state index contributed by atoms with van der Waals surface area (Å²) in [5, 5.41) is 0.623. The van der Waals surface area contributed by atoms with Crippen molar-refractivity contribution in [2.75, 3.05) is 6.54 Å². The van der Waals surface area contributed by atoms with E-state index >= 15 is 0 Å². The van der Waals surface area contributed by atoms with E-state index < -0.39 is 0 Å². The maximum Gasteiger partial charge on any atom is 0.0484 e. The van der Waals surface area contributed by atoms with Crippen LogP contribution in [0.2, 0.25) is 5.02 Å². The molecule has 0 saturated carbocycles. The minimum absolute atomic E-state index is 0.212. The molecule has 0 radical (unpaired) electrons. The minimum Gasteiger partial charge on any atom is -0.329 e. The Labute approximate surface area is 70.4 Å². The maximum absolute atomic E-state index is 5.82. The molecule has 0 saturated heterocycles. The minimum atomic E-state index is -0.212. The Morgan fingerprint density at radius 2 is 2.36 bits per heavy atom. The SMILES string of the molecule is NC[C@@H](N)c1cnccc1Cl. The second-order valence-corrected chi connectivity index (χ2v) is 2.65. The van der Waals surface area contributed by atoms with E-state index in [9.17, 15) is 0 Å². The van der Waals surface area contributed by atoms with Crippen molar-refractivity contribution < 1.29 is 0 Å². The summed E-state index contributed by atoms with van der Waals surface area (Å²) in [7, 11) is 0. The predicted octanol–water partition coefficient (Wildman–Crippen LogP) is 0.694. The van der Waals surface area contributed by atoms with E-state index in [1.165, 1.54) is 0 Å². The molecule has 1 atom stereocenters. The van der Waals surface area contributed by atoms with E-state index in [-0.39, 0.29) is 6.04 Å². The number of aromatic nitrogens is 1. The molecule has 1 aromatic rings. The molecule has 0 aliphatic carbocycles. The van der Waals surface area contributed by atoms with Crippen LogP contribution in [0.3, 0.4) is 0 Å². The average molecular weight is 172 g/mol. The van der Waals surface area contributed by atoms with Gasteiger partial charge < -0.3 is 11.5 Å². The molecule has 4 N–H and O–H groups in total. The lowest BCUT2D eigenvalue weighted by atomic mass is 10.1. The Hall–Kier alpha value is -0.640. The van der Waals surface area contributed by atoms with Crippen molar-refractivity contribution >= 4 is 11.6 Å². The first-order chi connectivity index (χ1) is 5.25. The van der Waals surface area contributed by atoms with Crippen LogP contribution in [0.15, 0.2) is 18.5 Å². The van der Waals surface area contributed by atoms with E-state index in [1.807, 2.05) is 0 Å². The average Bonchev–Trinajstić information content (AvgIpc) is 2.04. The Balaban J connectivity index is 2.93. The molecule has 60 valence electrons. The van der Waals surface area contributed by atoms with Crippen molar-refractivity contribution in [3.05, 3.63) is 29.0 Å². The van der Waals surface area contributed by atoms with Gasteiger partial charge in [-0.05, 0) is 6.07 Å². The summed E-state index contributed by atoms with van der Waals surface area (Å²) in [5.74, 6) is 0. The fraction of sp³-hybridized carbons (Fsp3) is 0.286. The molecule has 1 aromatic heterocycles. The van der Waals surface area contributed by atoms with Gasteiger partial charge in [0.05, 0.1) is 0 Å². The smallest absolute Gasteiger partial charge is 0.0484 e. The lowest BCUT2D eigenvalue weighted by Crippen LogP contribution is -2.21. The van der Waals surface area contributed by atoms with Gasteiger partial charge in [-0.25, -0.2) is 0 Å². The second kappa shape index (κ2) is 3.67. The van der Waals surface area contributed by atoms with Gasteiger partial charge >= 0.3 is 0 Å². The largest absolute Gasteiger partial charge is 0.329 e. The van der Waals surface area contributed by atoms with Gasteiger partial charge in [0.1, 0.15) is 0 Å². The van der Waals surface area contributed by atoms with Gasteiger partial charge in [0, 0.05) is 35.6 Å². The van der Waals surface area contributed by atoms with Crippen molar-refractivity contribution in [2.45, 2.75) is 6.04 Å². The summed E-state index contributed by atoms with van der Waals surface area (Å²) in [6.07, 6.45) is 3.26. The maximum atomic E-state index is 5.82. The third-order valence-electron chi connectivity index (χ3n) is 1.45. The van der Waals surface area contributed by atoms with Crippen LogP contribution >= 0.6 is 11.6 Å². The molecule has 4 heteroatoms. The van der Waals surface area contributed by atoms with E-state index in [1.54, 1.807) is 18.5 Å². The number of hydrogen-bond acceptors (Lipinski definition) is 3. The van der Waals surface area contributed by atoms with Crippen LogP contribution in [-0.2, 0) is 0 Å². The topological polar surface area (TPSA) is 64.9 Å². The van der Waals surface area contributed by atoms with Crippen LogP contribution in [0.5, 0.6) is 0 Å². The van der Waals surface area contributed by atoms with Crippen LogP contribution in [0, 0.1) is 0 Å². The van der Waals surface area contributed by atoms with Gasteiger partial charge in [-0.1, -0.05) is 11.6 Å². The van der Waals surface area contributed by atoms with Gasteiger partial charge in [0.2, 0.25) is 0 Å². The Bertz CT molecular complexity index is 239. The van der Waals surface area contributed by atoms with E-state index in [0.29, 0.717) is 11.6 Å². The van der Waals surface area contributed by atoms with Crippen LogP contribution in [0.1, 0.15) is 11.6 Å². The van der Waals surface area contributed by atoms with Gasteiger partial charge in [0.25, 0.3) is 0 Å². The quantitative estimate of drug-likeness (QED) is 0.689. The fourth-order valence-corrected chi connectivity index (χ4v) is 1.03. The number of rotatable bonds is 2. The highest BCUT2D eigenvalue weighted by molar-refractivity contribution is 6.31. The molecular weight excluding hydrogens is 162 g/mol. The summed E-state index contributed by atoms with van der Waals surface area (Å²) in [5.41, 5.74) is 11.8. The van der Waals surface area contributed by atoms with Gasteiger partial charge in [0.15, 0.2) is 0 Å². The summed E-state index contributed by atoms with van der Waals surface area (Å²) in [4.78, 5) is 3.89. The van der Waals surface area contributed by atoms with Crippen molar-refractivity contribution in [3.63, 3.8) is 0 Å². The first-order valence-corrected chi connectivity index (χ1v) is 3.68. The zero-order valence-electron chi connectivity index (χ0n) is 6.00. The van der Waals surface area contributed by atoms with E-state index in [4.69, 9.17) is 23.1 Å². The summed E-state index contributed by atoms with van der Waals surface area (Å²) >= 11 is 5.82. The van der Waals surface area contributed by atoms with Crippen molar-refractivity contribution in [2.24, 2.45) is 11.5 Å². The molecule has 0 unspecified atom stereocenters. The molecule has 0 aliphatic heterocycles. The zero-order valence-corrected chi connectivity index (χ0v) is 6.75. The lowest BCUT2D eigenvalue weighted by molar-refractivity contribution is 0.733. The third-order valence-corrected chi connectivity index (χ3v) is 1.79. The molecule has 0 amide bonds. The van der Waals surface area contributed by atoms with Crippen LogP contribution < -0.4 is 11.5 Å². The summed E-state index contributed by atoms with van der Waals surface area (Å²) in [6.45, 7) is 0.380. The van der Waals surface area contributed by atoms with Gasteiger partial charge in [-0.3, -0.25) is 4.98 Å². The molecule has 0 bridgehead atoms. The molecule has 0 fully saturated rings. The second-order valence-electron chi connectivity index (χ2n) is 2.24. The van der Waals surface area contributed by atoms with E-state index in [2.05, 4.69) is 4.98 Å². The molecule has 3 nitrogen and oxygen atoms in total. The Kier molecular flexibility index (Phi) is 2.82. The highest BCUT2D eigenvalue weighted by Crippen LogP contribution is 2.18. The van der Waals surface area contributed by atoms with Crippen molar-refractivity contribution in [1.82, 2.24) is 4.98 Å². The highest BCUT2D eigenvalue weighted by Gasteiger charge is 2.06. The molecule has 0 spiro atoms. The highest BCUT2D eigenvalue weighted by atomic mass is 35.5. The standard InChI is InChI=1S/C7H10ClN3/c8-6-1-2-11-4-5(6)7(10)3-9/h1-2,4,7H,3,9-10H2/t7-/m1/s1. The van der Waals surface area contributed by atoms with Crippen LogP contribution in [0.25, 0.3) is 0 Å². The van der Waals surface area contributed by atoms with Crippen molar-refractivity contribution in [3.8, 4) is 0 Å². The van der Waals surface area contributed by atoms with Crippen molar-refractivity contribution in [1.29, 1.82) is 0 Å². The molecular formula is C7H10ClN3. The van der Waals surface area contributed by atoms with Crippen LogP contribution in [-0.4, -0.2) is 11.5 Å². The molecule has 0 aromatic carbocycles. The van der Waals surface area contributed by atoms with E-state index in [0.717, 1.165) is 5.56 Å². The van der Waals surface area contributed by atoms with Gasteiger partial charge in [-0.15, -0.1) is 0 Å². The predicted molar refractivity (Wildman–Crippen MR) is 45.2 cm³/mol. The monoisotopic (exact) mass is 171 g/mol. The first-order valence-electron chi connectivity index (χ1n) is 3.30. The Morgan fingerprint density at radius 3 is 2.91 bits per heavy atom. The van der Waals surface area contributed by atoms with Crippen LogP contribution in [0.4, 0.5) is 0 Å². The fourth-order valence-electron chi connectivity index (χ4n) is 0.790. The zero-order chi connectivity index (χ0) is 8.27. The molecule has 11 heavy (non-hydrogen) atoms. The summed E-state index contributed by atoms with van der Waals surface area (Å²) in [6, 6.07) is 1.49. The molecule has 1 rings (SSSR count). The number of nitrogens with zero attached hydrogens (tertiary/aromatic N) is 1. The number of nitrogens with two attached hydrogens (primary N) is 2. The van der Waals surface area contributed by atoms with Gasteiger partial charge in [-0.2, -0.15) is 0 Å². The number of halogens is 1. The normalized spacial score (nSPS) is 13.0. The lowest BCUT2D eigenvalue weighted by Gasteiger charge is -2.09. The summed E-state index contributed by atoms with van der Waals surface area (Å²) < 4.78 is 0. The molecule has 0 aliphatic rings. The number of pyridine rings is 1. The Morgan fingerprint density at radius 1 is 1.64 bits per heavy atom. The first kappa shape index (κ1) is 8.46. The molecule has 1 heterocycles. The third kappa shape index (κ3) is 1.89.